The van der Waals surface area contributed by atoms with E-state index in [2.05, 4.69) is 10.3 Å². The molecule has 0 spiro atoms. The van der Waals surface area contributed by atoms with Gasteiger partial charge in [0, 0.05) is 30.9 Å². The zero-order valence-corrected chi connectivity index (χ0v) is 14.2. The molecular weight excluding hydrogens is 360 g/mol. The average molecular weight is 379 g/mol. The summed E-state index contributed by atoms with van der Waals surface area (Å²) in [6.45, 7) is 3.55. The molecule has 1 heterocycles. The number of hydrogen-bond donors (Lipinski definition) is 1. The first kappa shape index (κ1) is 20.3. The summed E-state index contributed by atoms with van der Waals surface area (Å²) in [5.41, 5.74) is 0.280. The van der Waals surface area contributed by atoms with Crippen LogP contribution >= 0.6 is 0 Å². The van der Waals surface area contributed by atoms with Crippen LogP contribution in [0.4, 0.5) is 26.3 Å². The number of nitrogens with one attached hydrogen (secondary N) is 1. The van der Waals surface area contributed by atoms with Crippen molar-refractivity contribution >= 4 is 0 Å². The minimum atomic E-state index is -4.53. The minimum absolute atomic E-state index is 0.196. The van der Waals surface area contributed by atoms with Crippen molar-refractivity contribution in [3.05, 3.63) is 41.7 Å². The van der Waals surface area contributed by atoms with E-state index in [4.69, 9.17) is 0 Å². The lowest BCUT2D eigenvalue weighted by Crippen LogP contribution is -2.21. The Morgan fingerprint density at radius 1 is 1.04 bits per heavy atom. The van der Waals surface area contributed by atoms with Gasteiger partial charge in [-0.2, -0.15) is 26.3 Å². The van der Waals surface area contributed by atoms with Crippen LogP contribution in [-0.4, -0.2) is 22.3 Å². The lowest BCUT2D eigenvalue weighted by Gasteiger charge is -2.12. The second kappa shape index (κ2) is 7.69. The zero-order chi connectivity index (χ0) is 19.5. The van der Waals surface area contributed by atoms with Gasteiger partial charge in [-0.05, 0) is 19.4 Å². The molecule has 0 saturated heterocycles. The van der Waals surface area contributed by atoms with E-state index in [-0.39, 0.29) is 25.0 Å². The summed E-state index contributed by atoms with van der Waals surface area (Å²) < 4.78 is 76.4. The van der Waals surface area contributed by atoms with Gasteiger partial charge in [0.1, 0.15) is 5.82 Å². The molecule has 0 atom stereocenters. The monoisotopic (exact) mass is 379 g/mol. The third-order valence-corrected chi connectivity index (χ3v) is 3.71. The van der Waals surface area contributed by atoms with Gasteiger partial charge >= 0.3 is 12.4 Å². The third-order valence-electron chi connectivity index (χ3n) is 3.71. The van der Waals surface area contributed by atoms with E-state index in [9.17, 15) is 26.3 Å². The van der Waals surface area contributed by atoms with Crippen molar-refractivity contribution in [3.63, 3.8) is 0 Å². The molecule has 0 saturated carbocycles. The minimum Gasteiger partial charge on any atom is -0.328 e. The number of rotatable bonds is 6. The lowest BCUT2D eigenvalue weighted by molar-refractivity contribution is -0.141. The van der Waals surface area contributed by atoms with E-state index < -0.39 is 24.5 Å². The molecule has 0 bridgehead atoms. The Morgan fingerprint density at radius 3 is 2.15 bits per heavy atom. The first-order chi connectivity index (χ1) is 12.0. The normalized spacial score (nSPS) is 12.8. The molecule has 0 aliphatic rings. The summed E-state index contributed by atoms with van der Waals surface area (Å²) in [5.74, 6) is 0.198. The molecule has 2 rings (SSSR count). The molecule has 1 aromatic heterocycles. The second-order valence-corrected chi connectivity index (χ2v) is 6.19. The first-order valence-corrected chi connectivity index (χ1v) is 8.00. The maximum Gasteiger partial charge on any atom is 0.434 e. The molecule has 2 aromatic rings. The molecule has 144 valence electrons. The molecular formula is C17H19F6N3. The van der Waals surface area contributed by atoms with Crippen LogP contribution in [0.15, 0.2) is 30.5 Å². The fraction of sp³-hybridized carbons (Fsp3) is 0.471. The Bertz CT molecular complexity index is 714. The highest BCUT2D eigenvalue weighted by Crippen LogP contribution is 2.32. The Kier molecular flexibility index (Phi) is 6.00. The highest BCUT2D eigenvalue weighted by atomic mass is 19.4. The number of benzene rings is 1. The smallest absolute Gasteiger partial charge is 0.328 e. The predicted molar refractivity (Wildman–Crippen MR) is 85.4 cm³/mol. The molecule has 26 heavy (non-hydrogen) atoms. The topological polar surface area (TPSA) is 29.9 Å². The van der Waals surface area contributed by atoms with Crippen LogP contribution in [0.25, 0.3) is 11.4 Å². The number of nitrogens with zero attached hydrogens (tertiary/aromatic N) is 2. The number of hydrogen-bond acceptors (Lipinski definition) is 2. The van der Waals surface area contributed by atoms with Crippen LogP contribution in [0.3, 0.4) is 0 Å². The van der Waals surface area contributed by atoms with Gasteiger partial charge in [-0.25, -0.2) is 4.98 Å². The summed E-state index contributed by atoms with van der Waals surface area (Å²) >= 11 is 0. The Balaban J connectivity index is 2.12. The van der Waals surface area contributed by atoms with Gasteiger partial charge in [-0.1, -0.05) is 24.3 Å². The summed E-state index contributed by atoms with van der Waals surface area (Å²) in [5, 5.41) is 2.68. The van der Waals surface area contributed by atoms with E-state index in [1.807, 2.05) is 0 Å². The average Bonchev–Trinajstić information content (AvgIpc) is 2.97. The standard InChI is InChI=1S/C17H19F6N3/c1-11(2)26-10-14(17(21,22)23)25-15(26)13-5-3-12(4-6-13)9-24-8-7-16(18,19)20/h3-6,10-11,24H,7-9H2,1-2H3. The fourth-order valence-corrected chi connectivity index (χ4v) is 2.37. The summed E-state index contributed by atoms with van der Waals surface area (Å²) in [6, 6.07) is 6.33. The Morgan fingerprint density at radius 2 is 1.65 bits per heavy atom. The van der Waals surface area contributed by atoms with Crippen molar-refractivity contribution in [1.82, 2.24) is 14.9 Å². The molecule has 0 unspecified atom stereocenters. The molecule has 3 nitrogen and oxygen atoms in total. The molecule has 0 aliphatic carbocycles. The molecule has 9 heteroatoms. The van der Waals surface area contributed by atoms with Crippen molar-refractivity contribution < 1.29 is 26.3 Å². The summed E-state index contributed by atoms with van der Waals surface area (Å²) in [7, 11) is 0. The Hall–Kier alpha value is -2.03. The van der Waals surface area contributed by atoms with Gasteiger partial charge in [0.2, 0.25) is 0 Å². The van der Waals surface area contributed by atoms with Crippen LogP contribution in [0.1, 0.15) is 37.6 Å². The van der Waals surface area contributed by atoms with Gasteiger partial charge in [-0.3, -0.25) is 0 Å². The number of alkyl halides is 6. The van der Waals surface area contributed by atoms with E-state index in [1.165, 1.54) is 4.57 Å². The molecule has 0 radical (unpaired) electrons. The molecule has 0 aliphatic heterocycles. The van der Waals surface area contributed by atoms with Crippen molar-refractivity contribution in [1.29, 1.82) is 0 Å². The van der Waals surface area contributed by atoms with Crippen LogP contribution in [0.5, 0.6) is 0 Å². The van der Waals surface area contributed by atoms with E-state index in [0.717, 1.165) is 11.8 Å². The van der Waals surface area contributed by atoms with Crippen LogP contribution in [-0.2, 0) is 12.7 Å². The van der Waals surface area contributed by atoms with Gasteiger partial charge in [0.15, 0.2) is 5.69 Å². The summed E-state index contributed by atoms with van der Waals surface area (Å²) in [4.78, 5) is 3.70. The lowest BCUT2D eigenvalue weighted by atomic mass is 10.1. The van der Waals surface area contributed by atoms with Crippen molar-refractivity contribution in [2.75, 3.05) is 6.54 Å². The largest absolute Gasteiger partial charge is 0.434 e. The SMILES string of the molecule is CC(C)n1cc(C(F)(F)F)nc1-c1ccc(CNCCC(F)(F)F)cc1. The van der Waals surface area contributed by atoms with Gasteiger partial charge < -0.3 is 9.88 Å². The van der Waals surface area contributed by atoms with Crippen LogP contribution < -0.4 is 5.32 Å². The van der Waals surface area contributed by atoms with Crippen molar-refractivity contribution in [2.45, 2.75) is 45.2 Å². The maximum atomic E-state index is 12.9. The third kappa shape index (κ3) is 5.48. The molecule has 1 aromatic carbocycles. The first-order valence-electron chi connectivity index (χ1n) is 8.00. The Labute approximate surface area is 147 Å². The fourth-order valence-electron chi connectivity index (χ4n) is 2.37. The summed E-state index contributed by atoms with van der Waals surface area (Å²) in [6.07, 6.45) is -8.68. The number of imidazole rings is 1. The number of halogens is 6. The van der Waals surface area contributed by atoms with E-state index >= 15 is 0 Å². The van der Waals surface area contributed by atoms with Gasteiger partial charge in [0.05, 0.1) is 6.42 Å². The molecule has 1 N–H and O–H groups in total. The molecule has 0 amide bonds. The van der Waals surface area contributed by atoms with Crippen LogP contribution in [0.2, 0.25) is 0 Å². The highest BCUT2D eigenvalue weighted by molar-refractivity contribution is 5.57. The maximum absolute atomic E-state index is 12.9. The van der Waals surface area contributed by atoms with Gasteiger partial charge in [0.25, 0.3) is 0 Å². The quantitative estimate of drug-likeness (QED) is 0.553. The molecule has 0 fully saturated rings. The number of aromatic nitrogens is 2. The van der Waals surface area contributed by atoms with E-state index in [1.54, 1.807) is 38.1 Å². The zero-order valence-electron chi connectivity index (χ0n) is 14.2. The van der Waals surface area contributed by atoms with Crippen LogP contribution in [0, 0.1) is 0 Å². The van der Waals surface area contributed by atoms with Crippen molar-refractivity contribution in [2.24, 2.45) is 0 Å². The predicted octanol–water partition coefficient (Wildman–Crippen LogP) is 5.19. The van der Waals surface area contributed by atoms with Gasteiger partial charge in [-0.15, -0.1) is 0 Å². The van der Waals surface area contributed by atoms with Crippen molar-refractivity contribution in [3.8, 4) is 11.4 Å². The van der Waals surface area contributed by atoms with E-state index in [0.29, 0.717) is 5.56 Å². The highest BCUT2D eigenvalue weighted by Gasteiger charge is 2.35. The second-order valence-electron chi connectivity index (χ2n) is 6.19.